The molecule has 116 valence electrons. The number of amides is 2. The molecule has 5 nitrogen and oxygen atoms in total. The largest absolute Gasteiger partial charge is 0.393 e. The highest BCUT2D eigenvalue weighted by atomic mass is 35.5. The van der Waals surface area contributed by atoms with Gasteiger partial charge >= 0.3 is 6.03 Å². The molecule has 2 atom stereocenters. The van der Waals surface area contributed by atoms with E-state index in [1.807, 2.05) is 25.1 Å². The molecule has 0 radical (unpaired) electrons. The molecule has 0 aromatic heterocycles. The van der Waals surface area contributed by atoms with Crippen LogP contribution in [0.1, 0.15) is 19.3 Å². The average Bonchev–Trinajstić information content (AvgIpc) is 2.81. The molecule has 0 saturated heterocycles. The van der Waals surface area contributed by atoms with Gasteiger partial charge in [0.1, 0.15) is 0 Å². The number of carbonyl (C=O) groups is 1. The van der Waals surface area contributed by atoms with Gasteiger partial charge in [0, 0.05) is 26.6 Å². The van der Waals surface area contributed by atoms with Crippen LogP contribution in [0.4, 0.5) is 16.2 Å². The second-order valence-corrected chi connectivity index (χ2v) is 6.03. The highest BCUT2D eigenvalue weighted by Crippen LogP contribution is 2.32. The number of halogens is 1. The van der Waals surface area contributed by atoms with Gasteiger partial charge in [-0.3, -0.25) is 0 Å². The third-order valence-electron chi connectivity index (χ3n) is 3.83. The summed E-state index contributed by atoms with van der Waals surface area (Å²) in [6.45, 7) is 0.491. The van der Waals surface area contributed by atoms with E-state index in [0.29, 0.717) is 17.3 Å². The molecule has 1 aromatic rings. The number of para-hydroxylation sites is 1. The van der Waals surface area contributed by atoms with Crippen LogP contribution in [0.15, 0.2) is 18.2 Å². The summed E-state index contributed by atoms with van der Waals surface area (Å²) in [6, 6.07) is 5.12. The Labute approximate surface area is 130 Å². The number of benzene rings is 1. The van der Waals surface area contributed by atoms with Crippen molar-refractivity contribution < 1.29 is 9.90 Å². The zero-order chi connectivity index (χ0) is 15.4. The number of rotatable bonds is 4. The number of urea groups is 1. The van der Waals surface area contributed by atoms with Gasteiger partial charge in [-0.05, 0) is 25.0 Å². The van der Waals surface area contributed by atoms with Gasteiger partial charge in [-0.1, -0.05) is 24.1 Å². The molecule has 21 heavy (non-hydrogen) atoms. The van der Waals surface area contributed by atoms with Crippen LogP contribution in [0.2, 0.25) is 5.02 Å². The monoisotopic (exact) mass is 311 g/mol. The van der Waals surface area contributed by atoms with E-state index >= 15 is 0 Å². The van der Waals surface area contributed by atoms with Gasteiger partial charge in [0.15, 0.2) is 0 Å². The molecular weight excluding hydrogens is 290 g/mol. The second-order valence-electron chi connectivity index (χ2n) is 5.62. The number of aliphatic hydroxyl groups is 1. The van der Waals surface area contributed by atoms with Gasteiger partial charge < -0.3 is 20.6 Å². The van der Waals surface area contributed by atoms with Crippen LogP contribution in [-0.4, -0.2) is 37.9 Å². The summed E-state index contributed by atoms with van der Waals surface area (Å²) in [5, 5.41) is 16.0. The fraction of sp³-hybridized carbons (Fsp3) is 0.533. The Bertz CT molecular complexity index is 508. The van der Waals surface area contributed by atoms with E-state index in [9.17, 15) is 9.90 Å². The lowest BCUT2D eigenvalue weighted by atomic mass is 10.1. The summed E-state index contributed by atoms with van der Waals surface area (Å²) in [4.78, 5) is 13.9. The van der Waals surface area contributed by atoms with Gasteiger partial charge in [0.05, 0.1) is 22.5 Å². The molecule has 0 heterocycles. The van der Waals surface area contributed by atoms with Crippen molar-refractivity contribution >= 4 is 29.0 Å². The third-order valence-corrected chi connectivity index (χ3v) is 4.13. The number of hydrogen-bond donors (Lipinski definition) is 3. The van der Waals surface area contributed by atoms with Crippen molar-refractivity contribution in [1.82, 2.24) is 5.32 Å². The van der Waals surface area contributed by atoms with Crippen molar-refractivity contribution in [2.45, 2.75) is 25.4 Å². The fourth-order valence-electron chi connectivity index (χ4n) is 2.72. The van der Waals surface area contributed by atoms with E-state index in [2.05, 4.69) is 10.6 Å². The first-order valence-corrected chi connectivity index (χ1v) is 7.55. The minimum absolute atomic E-state index is 0.156. The molecule has 6 heteroatoms. The van der Waals surface area contributed by atoms with Crippen molar-refractivity contribution in [2.24, 2.45) is 5.92 Å². The zero-order valence-electron chi connectivity index (χ0n) is 12.4. The van der Waals surface area contributed by atoms with Crippen molar-refractivity contribution in [2.75, 3.05) is 30.9 Å². The maximum atomic E-state index is 12.0. The van der Waals surface area contributed by atoms with E-state index in [4.69, 9.17) is 11.6 Å². The van der Waals surface area contributed by atoms with Crippen LogP contribution in [-0.2, 0) is 0 Å². The standard InChI is InChI=1S/C15H22ClN3O2/c1-19(2)14-11(16)6-4-7-12(14)18-15(21)17-9-10-5-3-8-13(10)20/h4,6-7,10,13,20H,3,5,8-9H2,1-2H3,(H2,17,18,21)/t10-,13-/m0/s1. The lowest BCUT2D eigenvalue weighted by Crippen LogP contribution is -2.35. The molecule has 1 fully saturated rings. The first-order chi connectivity index (χ1) is 9.99. The maximum Gasteiger partial charge on any atom is 0.319 e. The SMILES string of the molecule is CN(C)c1c(Cl)cccc1NC(=O)NC[C@@H]1CCC[C@@H]1O. The topological polar surface area (TPSA) is 64.6 Å². The Kier molecular flexibility index (Phi) is 5.31. The first-order valence-electron chi connectivity index (χ1n) is 7.17. The number of nitrogens with zero attached hydrogens (tertiary/aromatic N) is 1. The number of anilines is 2. The molecule has 1 aliphatic rings. The van der Waals surface area contributed by atoms with E-state index in [0.717, 1.165) is 24.9 Å². The normalized spacial score (nSPS) is 21.1. The Balaban J connectivity index is 1.95. The van der Waals surface area contributed by atoms with Crippen molar-refractivity contribution in [3.05, 3.63) is 23.2 Å². The van der Waals surface area contributed by atoms with E-state index in [1.54, 1.807) is 12.1 Å². The highest BCUT2D eigenvalue weighted by molar-refractivity contribution is 6.34. The van der Waals surface area contributed by atoms with E-state index < -0.39 is 0 Å². The predicted octanol–water partition coefficient (Wildman–Crippen LogP) is 2.69. The summed E-state index contributed by atoms with van der Waals surface area (Å²) in [5.41, 5.74) is 1.44. The van der Waals surface area contributed by atoms with Crippen LogP contribution < -0.4 is 15.5 Å². The fourth-order valence-corrected chi connectivity index (χ4v) is 3.06. The quantitative estimate of drug-likeness (QED) is 0.801. The van der Waals surface area contributed by atoms with Gasteiger partial charge in [-0.2, -0.15) is 0 Å². The first kappa shape index (κ1) is 15.9. The Morgan fingerprint density at radius 1 is 1.43 bits per heavy atom. The van der Waals surface area contributed by atoms with Gasteiger partial charge in [-0.15, -0.1) is 0 Å². The van der Waals surface area contributed by atoms with E-state index in [1.165, 1.54) is 0 Å². The Morgan fingerprint density at radius 3 is 2.81 bits per heavy atom. The van der Waals surface area contributed by atoms with Crippen LogP contribution >= 0.6 is 11.6 Å². The molecule has 1 saturated carbocycles. The Hall–Kier alpha value is -1.46. The third kappa shape index (κ3) is 4.02. The summed E-state index contributed by atoms with van der Waals surface area (Å²) < 4.78 is 0. The van der Waals surface area contributed by atoms with Crippen LogP contribution in [0.5, 0.6) is 0 Å². The molecule has 0 unspecified atom stereocenters. The second kappa shape index (κ2) is 7.00. The summed E-state index contributed by atoms with van der Waals surface area (Å²) in [6.07, 6.45) is 2.51. The van der Waals surface area contributed by atoms with Crippen molar-refractivity contribution in [3.8, 4) is 0 Å². The molecule has 0 aliphatic heterocycles. The molecule has 3 N–H and O–H groups in total. The highest BCUT2D eigenvalue weighted by Gasteiger charge is 2.25. The number of carbonyl (C=O) groups excluding carboxylic acids is 1. The van der Waals surface area contributed by atoms with Gasteiger partial charge in [-0.25, -0.2) is 4.79 Å². The zero-order valence-corrected chi connectivity index (χ0v) is 13.2. The van der Waals surface area contributed by atoms with Crippen molar-refractivity contribution in [3.63, 3.8) is 0 Å². The molecule has 2 rings (SSSR count). The van der Waals surface area contributed by atoms with Crippen LogP contribution in [0, 0.1) is 5.92 Å². The number of nitrogens with one attached hydrogen (secondary N) is 2. The molecular formula is C15H22ClN3O2. The van der Waals surface area contributed by atoms with Gasteiger partial charge in [0.25, 0.3) is 0 Å². The molecule has 1 aromatic carbocycles. The lowest BCUT2D eigenvalue weighted by molar-refractivity contribution is 0.133. The maximum absolute atomic E-state index is 12.0. The number of aliphatic hydroxyl groups excluding tert-OH is 1. The molecule has 0 bridgehead atoms. The molecule has 1 aliphatic carbocycles. The average molecular weight is 312 g/mol. The number of hydrogen-bond acceptors (Lipinski definition) is 3. The van der Waals surface area contributed by atoms with Gasteiger partial charge in [0.2, 0.25) is 0 Å². The molecule has 2 amide bonds. The van der Waals surface area contributed by atoms with Crippen LogP contribution in [0.25, 0.3) is 0 Å². The van der Waals surface area contributed by atoms with E-state index in [-0.39, 0.29) is 18.1 Å². The van der Waals surface area contributed by atoms with Crippen LogP contribution in [0.3, 0.4) is 0 Å². The predicted molar refractivity (Wildman–Crippen MR) is 86.1 cm³/mol. The van der Waals surface area contributed by atoms with Crippen molar-refractivity contribution in [1.29, 1.82) is 0 Å². The minimum atomic E-state index is -0.297. The summed E-state index contributed by atoms with van der Waals surface area (Å²) in [7, 11) is 3.75. The summed E-state index contributed by atoms with van der Waals surface area (Å²) in [5.74, 6) is 0.156. The summed E-state index contributed by atoms with van der Waals surface area (Å²) >= 11 is 6.16. The molecule has 0 spiro atoms. The minimum Gasteiger partial charge on any atom is -0.393 e. The lowest BCUT2D eigenvalue weighted by Gasteiger charge is -2.20. The smallest absolute Gasteiger partial charge is 0.319 e. The Morgan fingerprint density at radius 2 is 2.19 bits per heavy atom.